The first kappa shape index (κ1) is 7.82. The summed E-state index contributed by atoms with van der Waals surface area (Å²) >= 11 is 0. The summed E-state index contributed by atoms with van der Waals surface area (Å²) < 4.78 is 19.7. The highest BCUT2D eigenvalue weighted by Gasteiger charge is 2.14. The van der Waals surface area contributed by atoms with E-state index in [1.54, 1.807) is 0 Å². The molecule has 0 saturated heterocycles. The largest absolute Gasteiger partial charge is 0.367 e. The molecule has 5 heteroatoms. The number of hydrogen-bond acceptors (Lipinski definition) is 4. The van der Waals surface area contributed by atoms with Crippen molar-refractivity contribution in [2.24, 2.45) is 0 Å². The molecule has 0 amide bonds. The third kappa shape index (κ3) is 2.21. The highest BCUT2D eigenvalue weighted by Crippen LogP contribution is 2.15. The van der Waals surface area contributed by atoms with Crippen molar-refractivity contribution in [2.75, 3.05) is 0 Å². The van der Waals surface area contributed by atoms with Crippen molar-refractivity contribution in [1.82, 2.24) is 0 Å². The average Bonchev–Trinajstić information content (AvgIpc) is 1.64. The molecule has 0 spiro atoms. The molecule has 0 radical (unpaired) electrons. The van der Waals surface area contributed by atoms with Crippen LogP contribution in [0.5, 0.6) is 0 Å². The molecule has 0 heterocycles. The predicted molar refractivity (Wildman–Crippen MR) is 26.0 cm³/mol. The van der Waals surface area contributed by atoms with Gasteiger partial charge in [-0.15, -0.1) is 0 Å². The lowest BCUT2D eigenvalue weighted by atomic mass is 10.5. The molecule has 0 aromatic rings. The summed E-state index contributed by atoms with van der Waals surface area (Å²) in [5.41, 5.74) is -1.06. The minimum absolute atomic E-state index is 1.06. The SMILES string of the molecule is CC(C(O)O)P(=O)=O. The Hall–Kier alpha value is -0.180. The van der Waals surface area contributed by atoms with Gasteiger partial charge < -0.3 is 10.2 Å². The van der Waals surface area contributed by atoms with E-state index >= 15 is 0 Å². The lowest BCUT2D eigenvalue weighted by Gasteiger charge is -2.01. The van der Waals surface area contributed by atoms with E-state index < -0.39 is 19.6 Å². The zero-order valence-electron chi connectivity index (χ0n) is 4.31. The van der Waals surface area contributed by atoms with Crippen LogP contribution in [0.3, 0.4) is 0 Å². The van der Waals surface area contributed by atoms with E-state index in [0.29, 0.717) is 0 Å². The zero-order chi connectivity index (χ0) is 6.73. The van der Waals surface area contributed by atoms with Crippen LogP contribution in [0.15, 0.2) is 0 Å². The van der Waals surface area contributed by atoms with Crippen LogP contribution in [-0.4, -0.2) is 22.2 Å². The van der Waals surface area contributed by atoms with Crippen molar-refractivity contribution < 1.29 is 19.3 Å². The summed E-state index contributed by atoms with van der Waals surface area (Å²) in [7, 11) is -2.70. The minimum atomic E-state index is -2.70. The first-order valence-electron chi connectivity index (χ1n) is 2.05. The molecule has 48 valence electrons. The van der Waals surface area contributed by atoms with Gasteiger partial charge in [-0.3, -0.25) is 0 Å². The van der Waals surface area contributed by atoms with Gasteiger partial charge in [-0.25, -0.2) is 9.13 Å². The molecule has 0 aliphatic rings. The second-order valence-corrected chi connectivity index (χ2v) is 2.82. The molecule has 1 unspecified atom stereocenters. The summed E-state index contributed by atoms with van der Waals surface area (Å²) in [6.45, 7) is 1.22. The molecule has 0 aliphatic carbocycles. The van der Waals surface area contributed by atoms with Gasteiger partial charge in [-0.1, -0.05) is 0 Å². The van der Waals surface area contributed by atoms with Crippen LogP contribution in [0.25, 0.3) is 0 Å². The highest BCUT2D eigenvalue weighted by atomic mass is 31.1. The molecule has 2 N–H and O–H groups in total. The van der Waals surface area contributed by atoms with Crippen molar-refractivity contribution in [3.63, 3.8) is 0 Å². The van der Waals surface area contributed by atoms with Gasteiger partial charge in [0.15, 0.2) is 6.29 Å². The average molecular weight is 138 g/mol. The first-order chi connectivity index (χ1) is 3.55. The van der Waals surface area contributed by atoms with Crippen molar-refractivity contribution in [3.8, 4) is 0 Å². The van der Waals surface area contributed by atoms with E-state index in [0.717, 1.165) is 0 Å². The van der Waals surface area contributed by atoms with E-state index in [1.165, 1.54) is 6.92 Å². The number of hydrogen-bond donors (Lipinski definition) is 2. The molecule has 0 aromatic carbocycles. The van der Waals surface area contributed by atoms with Gasteiger partial charge in [-0.05, 0) is 6.92 Å². The fourth-order valence-corrected chi connectivity index (χ4v) is 0.327. The molecule has 0 bridgehead atoms. The fraction of sp³-hybridized carbons (Fsp3) is 1.00. The Labute approximate surface area is 47.0 Å². The second-order valence-electron chi connectivity index (χ2n) is 1.44. The van der Waals surface area contributed by atoms with Crippen molar-refractivity contribution in [3.05, 3.63) is 0 Å². The Balaban J connectivity index is 3.83. The van der Waals surface area contributed by atoms with Crippen LogP contribution in [0.1, 0.15) is 6.92 Å². The molecule has 4 nitrogen and oxygen atoms in total. The number of aliphatic hydroxyl groups is 2. The summed E-state index contributed by atoms with van der Waals surface area (Å²) in [6.07, 6.45) is -1.75. The Morgan fingerprint density at radius 1 is 1.38 bits per heavy atom. The van der Waals surface area contributed by atoms with Crippen LogP contribution < -0.4 is 0 Å². The highest BCUT2D eigenvalue weighted by molar-refractivity contribution is 7.31. The van der Waals surface area contributed by atoms with Crippen LogP contribution in [-0.2, 0) is 9.13 Å². The Bertz CT molecular complexity index is 119. The van der Waals surface area contributed by atoms with Gasteiger partial charge in [0.25, 0.3) is 0 Å². The van der Waals surface area contributed by atoms with E-state index in [-0.39, 0.29) is 0 Å². The topological polar surface area (TPSA) is 74.6 Å². The molecule has 0 aliphatic heterocycles. The lowest BCUT2D eigenvalue weighted by molar-refractivity contribution is -0.0386. The molecule has 0 rings (SSSR count). The molecule has 0 fully saturated rings. The van der Waals surface area contributed by atoms with Crippen LogP contribution in [0.4, 0.5) is 0 Å². The summed E-state index contributed by atoms with van der Waals surface area (Å²) in [4.78, 5) is 0. The number of rotatable bonds is 2. The molecule has 0 saturated carbocycles. The summed E-state index contributed by atoms with van der Waals surface area (Å²) in [5, 5.41) is 16.3. The third-order valence-electron chi connectivity index (χ3n) is 0.764. The quantitative estimate of drug-likeness (QED) is 0.411. The Morgan fingerprint density at radius 2 is 1.75 bits per heavy atom. The zero-order valence-corrected chi connectivity index (χ0v) is 5.21. The molecular weight excluding hydrogens is 131 g/mol. The maximum Gasteiger partial charge on any atom is 0.323 e. The summed E-state index contributed by atoms with van der Waals surface area (Å²) in [5.74, 6) is 0. The predicted octanol–water partition coefficient (Wildman–Crippen LogP) is -0.142. The smallest absolute Gasteiger partial charge is 0.323 e. The number of aliphatic hydroxyl groups excluding tert-OH is 1. The van der Waals surface area contributed by atoms with E-state index in [1.807, 2.05) is 0 Å². The first-order valence-corrected chi connectivity index (χ1v) is 3.30. The Kier molecular flexibility index (Phi) is 2.90. The molecular formula is C3H7O4P. The van der Waals surface area contributed by atoms with Gasteiger partial charge >= 0.3 is 7.68 Å². The molecule has 1 atom stereocenters. The van der Waals surface area contributed by atoms with Gasteiger partial charge in [0.2, 0.25) is 0 Å². The standard InChI is InChI=1S/C3H7O4P/c1-2(3(4)5)8(6)7/h2-5H,1H3. The fourth-order valence-electron chi connectivity index (χ4n) is 0.109. The van der Waals surface area contributed by atoms with Crippen LogP contribution in [0, 0.1) is 0 Å². The van der Waals surface area contributed by atoms with E-state index in [2.05, 4.69) is 0 Å². The van der Waals surface area contributed by atoms with Crippen molar-refractivity contribution in [2.45, 2.75) is 18.9 Å². The molecule has 8 heavy (non-hydrogen) atoms. The maximum absolute atomic E-state index is 9.86. The van der Waals surface area contributed by atoms with Crippen molar-refractivity contribution in [1.29, 1.82) is 0 Å². The normalized spacial score (nSPS) is 14.0. The third-order valence-corrected chi connectivity index (χ3v) is 1.70. The summed E-state index contributed by atoms with van der Waals surface area (Å²) in [6, 6.07) is 0. The Morgan fingerprint density at radius 3 is 1.75 bits per heavy atom. The van der Waals surface area contributed by atoms with Gasteiger partial charge in [0.1, 0.15) is 5.66 Å². The monoisotopic (exact) mass is 138 g/mol. The van der Waals surface area contributed by atoms with Crippen molar-refractivity contribution >= 4 is 7.68 Å². The van der Waals surface area contributed by atoms with Gasteiger partial charge in [-0.2, -0.15) is 0 Å². The van der Waals surface area contributed by atoms with E-state index in [4.69, 9.17) is 10.2 Å². The van der Waals surface area contributed by atoms with Crippen LogP contribution in [0.2, 0.25) is 0 Å². The van der Waals surface area contributed by atoms with Gasteiger partial charge in [0, 0.05) is 0 Å². The molecule has 0 aromatic heterocycles. The maximum atomic E-state index is 9.86. The lowest BCUT2D eigenvalue weighted by Crippen LogP contribution is -2.16. The van der Waals surface area contributed by atoms with Gasteiger partial charge in [0.05, 0.1) is 0 Å². The minimum Gasteiger partial charge on any atom is -0.367 e. The van der Waals surface area contributed by atoms with Crippen LogP contribution >= 0.6 is 7.68 Å². The van der Waals surface area contributed by atoms with E-state index in [9.17, 15) is 9.13 Å². The second kappa shape index (κ2) is 2.97.